The van der Waals surface area contributed by atoms with Crippen LogP contribution in [0.25, 0.3) is 0 Å². The Morgan fingerprint density at radius 1 is 1.32 bits per heavy atom. The molecule has 1 fully saturated rings. The second-order valence-corrected chi connectivity index (χ2v) is 7.30. The lowest BCUT2D eigenvalue weighted by atomic mass is 10.0. The Hall–Kier alpha value is -2.52. The number of carbonyl (C=O) groups excluding carboxylic acids is 3. The molecule has 0 aliphatic carbocycles. The van der Waals surface area contributed by atoms with Crippen molar-refractivity contribution in [3.63, 3.8) is 0 Å². The predicted octanol–water partition coefficient (Wildman–Crippen LogP) is 0.0647. The van der Waals surface area contributed by atoms with Gasteiger partial charge in [-0.3, -0.25) is 14.4 Å². The van der Waals surface area contributed by atoms with E-state index in [1.165, 1.54) is 13.1 Å². The summed E-state index contributed by atoms with van der Waals surface area (Å²) < 4.78 is 18.4. The number of esters is 2. The first-order valence-corrected chi connectivity index (χ1v) is 9.17. The minimum atomic E-state index is -0.724. The van der Waals surface area contributed by atoms with Gasteiger partial charge in [-0.25, -0.2) is 0 Å². The maximum Gasteiger partial charge on any atom is 0.323 e. The zero-order valence-corrected chi connectivity index (χ0v) is 16.5. The van der Waals surface area contributed by atoms with Gasteiger partial charge in [0.1, 0.15) is 24.3 Å². The summed E-state index contributed by atoms with van der Waals surface area (Å²) in [6, 6.07) is 2.50. The van der Waals surface area contributed by atoms with Crippen molar-refractivity contribution in [2.75, 3.05) is 6.61 Å². The van der Waals surface area contributed by atoms with Gasteiger partial charge in [0.25, 0.3) is 5.91 Å². The standard InChI is InChI=1S/C19H27N3O6/c1-10(2)15(20)19(25)26-9-14-11(3)16(27-12(4)23)18(28-14)22-7-5-6-13(8-22)17(21)24/h5-8,10-11,14-16,18H,9,20H2,1-4H3,(H-,21,24)/p+1/t11-,14-,15+,16?,18-/m1/s1. The van der Waals surface area contributed by atoms with E-state index < -0.39 is 42.3 Å². The number of amides is 1. The Morgan fingerprint density at radius 3 is 2.57 bits per heavy atom. The quantitative estimate of drug-likeness (QED) is 0.493. The summed E-state index contributed by atoms with van der Waals surface area (Å²) in [7, 11) is 0. The van der Waals surface area contributed by atoms with E-state index in [2.05, 4.69) is 0 Å². The number of hydrogen-bond acceptors (Lipinski definition) is 7. The monoisotopic (exact) mass is 394 g/mol. The molecule has 1 aromatic rings. The second kappa shape index (κ2) is 9.11. The van der Waals surface area contributed by atoms with Gasteiger partial charge in [-0.2, -0.15) is 4.57 Å². The summed E-state index contributed by atoms with van der Waals surface area (Å²) in [6.45, 7) is 6.78. The molecule has 5 atom stereocenters. The van der Waals surface area contributed by atoms with Gasteiger partial charge in [0.15, 0.2) is 18.5 Å². The lowest BCUT2D eigenvalue weighted by Gasteiger charge is -2.19. The maximum absolute atomic E-state index is 12.0. The van der Waals surface area contributed by atoms with Crippen LogP contribution in [0.2, 0.25) is 0 Å². The van der Waals surface area contributed by atoms with Crippen molar-refractivity contribution < 1.29 is 33.2 Å². The van der Waals surface area contributed by atoms with E-state index >= 15 is 0 Å². The van der Waals surface area contributed by atoms with E-state index in [0.717, 1.165) is 0 Å². The smallest absolute Gasteiger partial charge is 0.323 e. The summed E-state index contributed by atoms with van der Waals surface area (Å²) >= 11 is 0. The normalized spacial score (nSPS) is 25.4. The van der Waals surface area contributed by atoms with Crippen molar-refractivity contribution >= 4 is 17.8 Å². The lowest BCUT2D eigenvalue weighted by Crippen LogP contribution is -2.46. The number of ether oxygens (including phenoxy) is 3. The summed E-state index contributed by atoms with van der Waals surface area (Å²) in [5.74, 6) is -1.87. The molecule has 1 saturated heterocycles. The minimum absolute atomic E-state index is 0.0231. The van der Waals surface area contributed by atoms with Crippen LogP contribution in [0.4, 0.5) is 0 Å². The van der Waals surface area contributed by atoms with Crippen molar-refractivity contribution in [2.24, 2.45) is 23.3 Å². The average molecular weight is 394 g/mol. The van der Waals surface area contributed by atoms with Crippen LogP contribution in [-0.4, -0.2) is 42.7 Å². The predicted molar refractivity (Wildman–Crippen MR) is 97.6 cm³/mol. The molecule has 1 amide bonds. The topological polar surface area (TPSA) is 135 Å². The highest BCUT2D eigenvalue weighted by Crippen LogP contribution is 2.33. The number of nitrogens with two attached hydrogens (primary N) is 2. The molecule has 0 radical (unpaired) electrons. The van der Waals surface area contributed by atoms with Gasteiger partial charge in [0.05, 0.1) is 0 Å². The highest BCUT2D eigenvalue weighted by atomic mass is 16.6. The molecule has 1 aromatic heterocycles. The van der Waals surface area contributed by atoms with Crippen LogP contribution in [-0.2, 0) is 23.8 Å². The number of hydrogen-bond donors (Lipinski definition) is 2. The van der Waals surface area contributed by atoms with Gasteiger partial charge in [-0.1, -0.05) is 20.8 Å². The van der Waals surface area contributed by atoms with Crippen LogP contribution in [0, 0.1) is 11.8 Å². The Kier molecular flexibility index (Phi) is 7.09. The molecule has 9 nitrogen and oxygen atoms in total. The fourth-order valence-electron chi connectivity index (χ4n) is 2.97. The minimum Gasteiger partial charge on any atom is -0.462 e. The number of primary amides is 1. The first-order valence-electron chi connectivity index (χ1n) is 9.17. The summed E-state index contributed by atoms with van der Waals surface area (Å²) in [5.41, 5.74) is 11.4. The second-order valence-electron chi connectivity index (χ2n) is 7.30. The molecule has 2 heterocycles. The third kappa shape index (κ3) is 5.05. The zero-order chi connectivity index (χ0) is 21.0. The number of rotatable bonds is 7. The van der Waals surface area contributed by atoms with E-state index in [0.29, 0.717) is 0 Å². The zero-order valence-electron chi connectivity index (χ0n) is 16.5. The van der Waals surface area contributed by atoms with Crippen molar-refractivity contribution in [2.45, 2.75) is 52.2 Å². The number of pyridine rings is 1. The molecule has 1 unspecified atom stereocenters. The molecule has 0 saturated carbocycles. The van der Waals surface area contributed by atoms with Crippen LogP contribution >= 0.6 is 0 Å². The summed E-state index contributed by atoms with van der Waals surface area (Å²) in [4.78, 5) is 35.1. The number of nitrogens with zero attached hydrogens (tertiary/aromatic N) is 1. The fourth-order valence-corrected chi connectivity index (χ4v) is 2.97. The molecule has 4 N–H and O–H groups in total. The molecular weight excluding hydrogens is 366 g/mol. The van der Waals surface area contributed by atoms with E-state index in [1.807, 2.05) is 20.8 Å². The van der Waals surface area contributed by atoms with E-state index in [-0.39, 0.29) is 24.0 Å². The van der Waals surface area contributed by atoms with Gasteiger partial charge in [0, 0.05) is 18.9 Å². The van der Waals surface area contributed by atoms with Crippen molar-refractivity contribution in [1.29, 1.82) is 0 Å². The van der Waals surface area contributed by atoms with Crippen LogP contribution in [0.5, 0.6) is 0 Å². The van der Waals surface area contributed by atoms with E-state index in [1.54, 1.807) is 22.9 Å². The summed E-state index contributed by atoms with van der Waals surface area (Å²) in [6.07, 6.45) is 1.37. The largest absolute Gasteiger partial charge is 0.462 e. The van der Waals surface area contributed by atoms with Crippen molar-refractivity contribution in [1.82, 2.24) is 0 Å². The fraction of sp³-hybridized carbons (Fsp3) is 0.579. The Labute approximate surface area is 163 Å². The van der Waals surface area contributed by atoms with Gasteiger partial charge in [-0.15, -0.1) is 0 Å². The molecule has 0 bridgehead atoms. The molecule has 2 rings (SSSR count). The van der Waals surface area contributed by atoms with Gasteiger partial charge >= 0.3 is 18.2 Å². The molecule has 28 heavy (non-hydrogen) atoms. The Balaban J connectivity index is 2.18. The van der Waals surface area contributed by atoms with E-state index in [4.69, 9.17) is 25.7 Å². The van der Waals surface area contributed by atoms with Crippen LogP contribution in [0.3, 0.4) is 0 Å². The van der Waals surface area contributed by atoms with Crippen LogP contribution < -0.4 is 16.0 Å². The van der Waals surface area contributed by atoms with Crippen molar-refractivity contribution in [3.05, 3.63) is 30.1 Å². The molecule has 0 spiro atoms. The lowest BCUT2D eigenvalue weighted by molar-refractivity contribution is -0.765. The molecule has 1 aliphatic rings. The number of aromatic nitrogens is 1. The Morgan fingerprint density at radius 2 is 2.00 bits per heavy atom. The highest BCUT2D eigenvalue weighted by Gasteiger charge is 2.50. The first-order chi connectivity index (χ1) is 13.1. The first kappa shape index (κ1) is 21.8. The van der Waals surface area contributed by atoms with Gasteiger partial charge in [-0.05, 0) is 12.0 Å². The molecule has 154 valence electrons. The van der Waals surface area contributed by atoms with Gasteiger partial charge < -0.3 is 25.7 Å². The molecule has 9 heteroatoms. The SMILES string of the molecule is CC(=O)OC1[C@H]([n+]2cccc(C(N)=O)c2)O[C@H](COC(=O)[C@@H](N)C(C)C)[C@H]1C. The van der Waals surface area contributed by atoms with Crippen LogP contribution in [0.1, 0.15) is 44.3 Å². The molecule has 0 aromatic carbocycles. The van der Waals surface area contributed by atoms with Crippen molar-refractivity contribution in [3.8, 4) is 0 Å². The number of carbonyl (C=O) groups is 3. The van der Waals surface area contributed by atoms with Gasteiger partial charge in [0.2, 0.25) is 0 Å². The Bertz CT molecular complexity index is 738. The summed E-state index contributed by atoms with van der Waals surface area (Å²) in [5, 5.41) is 0. The average Bonchev–Trinajstić information content (AvgIpc) is 2.94. The van der Waals surface area contributed by atoms with Crippen LogP contribution in [0.15, 0.2) is 24.5 Å². The highest BCUT2D eigenvalue weighted by molar-refractivity contribution is 5.92. The molecular formula is C19H28N3O6+. The third-order valence-electron chi connectivity index (χ3n) is 4.78. The van der Waals surface area contributed by atoms with E-state index in [9.17, 15) is 14.4 Å². The maximum atomic E-state index is 12.0. The molecule has 1 aliphatic heterocycles. The third-order valence-corrected chi connectivity index (χ3v) is 4.78.